The molecule has 0 saturated carbocycles. The number of benzene rings is 1. The van der Waals surface area contributed by atoms with Crippen molar-refractivity contribution in [2.24, 2.45) is 0 Å². The van der Waals surface area contributed by atoms with Gasteiger partial charge in [-0.2, -0.15) is 0 Å². The first-order chi connectivity index (χ1) is 14.5. The van der Waals surface area contributed by atoms with Gasteiger partial charge in [0, 0.05) is 41.9 Å². The first-order valence-corrected chi connectivity index (χ1v) is 10.1. The number of hydrogen-bond donors (Lipinski definition) is 1. The van der Waals surface area contributed by atoms with E-state index in [1.807, 2.05) is 5.38 Å². The van der Waals surface area contributed by atoms with E-state index < -0.39 is 0 Å². The minimum atomic E-state index is -0.246. The summed E-state index contributed by atoms with van der Waals surface area (Å²) in [6.07, 6.45) is 3.62. The van der Waals surface area contributed by atoms with Crippen LogP contribution >= 0.6 is 11.3 Å². The first kappa shape index (κ1) is 21.4. The van der Waals surface area contributed by atoms with Crippen LogP contribution in [-0.4, -0.2) is 43.2 Å². The van der Waals surface area contributed by atoms with E-state index in [4.69, 9.17) is 14.2 Å². The van der Waals surface area contributed by atoms with Gasteiger partial charge in [-0.1, -0.05) is 0 Å². The normalized spacial score (nSPS) is 11.1. The summed E-state index contributed by atoms with van der Waals surface area (Å²) in [7, 11) is 4.60. The second-order valence-electron chi connectivity index (χ2n) is 6.41. The Morgan fingerprint density at radius 2 is 1.87 bits per heavy atom. The molecular formula is C21H23N3O5S. The Morgan fingerprint density at radius 1 is 1.17 bits per heavy atom. The largest absolute Gasteiger partial charge is 0.493 e. The molecule has 8 nitrogen and oxygen atoms in total. The molecule has 0 saturated heterocycles. The first-order valence-electron chi connectivity index (χ1n) is 9.19. The third-order valence-electron chi connectivity index (χ3n) is 4.40. The van der Waals surface area contributed by atoms with Crippen molar-refractivity contribution in [2.45, 2.75) is 13.3 Å². The molecule has 1 amide bonds. The number of nitrogens with one attached hydrogen (secondary N) is 1. The maximum Gasteiger partial charge on any atom is 0.258 e. The van der Waals surface area contributed by atoms with Crippen molar-refractivity contribution in [3.05, 3.63) is 57.0 Å². The highest BCUT2D eigenvalue weighted by Crippen LogP contribution is 2.38. The summed E-state index contributed by atoms with van der Waals surface area (Å²) >= 11 is 1.41. The lowest BCUT2D eigenvalue weighted by Crippen LogP contribution is -2.25. The highest BCUT2D eigenvalue weighted by Gasteiger charge is 2.12. The Bertz CT molecular complexity index is 1120. The van der Waals surface area contributed by atoms with Crippen molar-refractivity contribution in [3.8, 4) is 17.2 Å². The Kier molecular flexibility index (Phi) is 6.73. The molecule has 0 aliphatic carbocycles. The van der Waals surface area contributed by atoms with Gasteiger partial charge in [0.25, 0.3) is 5.56 Å². The Labute approximate surface area is 177 Å². The number of aryl methyl sites for hydroxylation is 1. The summed E-state index contributed by atoms with van der Waals surface area (Å²) in [6, 6.07) is 5.01. The van der Waals surface area contributed by atoms with Gasteiger partial charge in [0.1, 0.15) is 0 Å². The zero-order valence-corrected chi connectivity index (χ0v) is 18.0. The molecule has 0 aliphatic rings. The Balaban J connectivity index is 1.64. The van der Waals surface area contributed by atoms with Gasteiger partial charge < -0.3 is 19.5 Å². The Morgan fingerprint density at radius 3 is 2.50 bits per heavy atom. The van der Waals surface area contributed by atoms with Crippen LogP contribution in [0.5, 0.6) is 17.2 Å². The van der Waals surface area contributed by atoms with Crippen LogP contribution in [0.25, 0.3) is 11.0 Å². The number of rotatable bonds is 8. The number of ether oxygens (including phenoxy) is 3. The SMILES string of the molecule is COc1cc(/C=C/C(=O)NCCc2csc3nc(C)cc(=O)n23)cc(OC)c1OC. The van der Waals surface area contributed by atoms with E-state index >= 15 is 0 Å². The molecule has 3 rings (SSSR count). The molecule has 30 heavy (non-hydrogen) atoms. The molecule has 0 fully saturated rings. The second kappa shape index (κ2) is 9.45. The zero-order chi connectivity index (χ0) is 21.7. The predicted molar refractivity (Wildman–Crippen MR) is 116 cm³/mol. The lowest BCUT2D eigenvalue weighted by Gasteiger charge is -2.12. The summed E-state index contributed by atoms with van der Waals surface area (Å²) in [6.45, 7) is 2.19. The lowest BCUT2D eigenvalue weighted by molar-refractivity contribution is -0.116. The number of aromatic nitrogens is 2. The van der Waals surface area contributed by atoms with Crippen LogP contribution in [0.1, 0.15) is 17.0 Å². The predicted octanol–water partition coefficient (Wildman–Crippen LogP) is 2.46. The average molecular weight is 429 g/mol. The number of thiazole rings is 1. The number of nitrogens with zero attached hydrogens (tertiary/aromatic N) is 2. The van der Waals surface area contributed by atoms with Crippen molar-refractivity contribution < 1.29 is 19.0 Å². The van der Waals surface area contributed by atoms with Crippen LogP contribution < -0.4 is 25.1 Å². The van der Waals surface area contributed by atoms with Crippen LogP contribution in [0.2, 0.25) is 0 Å². The smallest absolute Gasteiger partial charge is 0.258 e. The minimum absolute atomic E-state index is 0.109. The van der Waals surface area contributed by atoms with Gasteiger partial charge in [-0.15, -0.1) is 11.3 Å². The molecule has 1 aromatic carbocycles. The van der Waals surface area contributed by atoms with Crippen LogP contribution in [0.4, 0.5) is 0 Å². The molecule has 0 aliphatic heterocycles. The van der Waals surface area contributed by atoms with E-state index in [9.17, 15) is 9.59 Å². The Hall–Kier alpha value is -3.33. The number of methoxy groups -OCH3 is 3. The molecule has 2 aromatic heterocycles. The van der Waals surface area contributed by atoms with Gasteiger partial charge in [-0.25, -0.2) is 4.98 Å². The van der Waals surface area contributed by atoms with E-state index in [1.54, 1.807) is 29.5 Å². The van der Waals surface area contributed by atoms with E-state index in [2.05, 4.69) is 10.3 Å². The topological polar surface area (TPSA) is 91.2 Å². The third-order valence-corrected chi connectivity index (χ3v) is 5.27. The third kappa shape index (κ3) is 4.62. The molecule has 158 valence electrons. The van der Waals surface area contributed by atoms with E-state index in [-0.39, 0.29) is 11.5 Å². The standard InChI is InChI=1S/C21H23N3O5S/c1-13-9-19(26)24-15(12-30-21(24)23-13)7-8-22-18(25)6-5-14-10-16(27-2)20(29-4)17(11-14)28-3/h5-6,9-12H,7-8H2,1-4H3,(H,22,25)/b6-5+. The molecule has 1 N–H and O–H groups in total. The second-order valence-corrected chi connectivity index (χ2v) is 7.25. The van der Waals surface area contributed by atoms with Crippen LogP contribution in [-0.2, 0) is 11.2 Å². The highest BCUT2D eigenvalue weighted by atomic mass is 32.1. The maximum absolute atomic E-state index is 12.2. The van der Waals surface area contributed by atoms with Crippen molar-refractivity contribution in [3.63, 3.8) is 0 Å². The quantitative estimate of drug-likeness (QED) is 0.553. The van der Waals surface area contributed by atoms with Gasteiger partial charge in [-0.05, 0) is 30.7 Å². The average Bonchev–Trinajstić information content (AvgIpc) is 3.14. The molecule has 0 bridgehead atoms. The molecule has 0 radical (unpaired) electrons. The van der Waals surface area contributed by atoms with Crippen molar-refractivity contribution >= 4 is 28.3 Å². The van der Waals surface area contributed by atoms with Crippen LogP contribution in [0.3, 0.4) is 0 Å². The van der Waals surface area contributed by atoms with Gasteiger partial charge in [0.05, 0.1) is 21.3 Å². The van der Waals surface area contributed by atoms with Gasteiger partial charge >= 0.3 is 0 Å². The molecule has 0 atom stereocenters. The molecular weight excluding hydrogens is 406 g/mol. The van der Waals surface area contributed by atoms with Crippen molar-refractivity contribution in [1.29, 1.82) is 0 Å². The molecule has 0 spiro atoms. The fourth-order valence-electron chi connectivity index (χ4n) is 3.00. The molecule has 9 heteroatoms. The number of carbonyl (C=O) groups is 1. The van der Waals surface area contributed by atoms with E-state index in [0.29, 0.717) is 40.9 Å². The van der Waals surface area contributed by atoms with Crippen molar-refractivity contribution in [2.75, 3.05) is 27.9 Å². The highest BCUT2D eigenvalue weighted by molar-refractivity contribution is 7.15. The summed E-state index contributed by atoms with van der Waals surface area (Å²) < 4.78 is 17.5. The molecule has 0 unspecified atom stereocenters. The number of hydrogen-bond acceptors (Lipinski definition) is 7. The lowest BCUT2D eigenvalue weighted by atomic mass is 10.1. The maximum atomic E-state index is 12.2. The fraction of sp³-hybridized carbons (Fsp3) is 0.286. The van der Waals surface area contributed by atoms with Gasteiger partial charge in [0.15, 0.2) is 16.5 Å². The summed E-state index contributed by atoms with van der Waals surface area (Å²) in [5, 5.41) is 4.71. The van der Waals surface area contributed by atoms with Crippen LogP contribution in [0, 0.1) is 6.92 Å². The number of carbonyl (C=O) groups excluding carboxylic acids is 1. The molecule has 3 aromatic rings. The van der Waals surface area contributed by atoms with Crippen LogP contribution in [0.15, 0.2) is 34.4 Å². The summed E-state index contributed by atoms with van der Waals surface area (Å²) in [5.74, 6) is 1.26. The minimum Gasteiger partial charge on any atom is -0.493 e. The van der Waals surface area contributed by atoms with E-state index in [1.165, 1.54) is 44.8 Å². The number of fused-ring (bicyclic) bond motifs is 1. The van der Waals surface area contributed by atoms with Crippen molar-refractivity contribution in [1.82, 2.24) is 14.7 Å². The van der Waals surface area contributed by atoms with Gasteiger partial charge in [0.2, 0.25) is 11.7 Å². The fourth-order valence-corrected chi connectivity index (χ4v) is 3.97. The summed E-state index contributed by atoms with van der Waals surface area (Å²) in [4.78, 5) is 29.4. The summed E-state index contributed by atoms with van der Waals surface area (Å²) in [5.41, 5.74) is 2.14. The zero-order valence-electron chi connectivity index (χ0n) is 17.2. The van der Waals surface area contributed by atoms with Gasteiger partial charge in [-0.3, -0.25) is 14.0 Å². The van der Waals surface area contributed by atoms with E-state index in [0.717, 1.165) is 11.3 Å². The molecule has 2 heterocycles. The monoisotopic (exact) mass is 429 g/mol. The number of amides is 1.